The number of aliphatic hydroxyl groups is 1. The molecule has 2 atom stereocenters. The van der Waals surface area contributed by atoms with Gasteiger partial charge in [0, 0.05) is 6.42 Å². The topological polar surface area (TPSA) is 129 Å². The first kappa shape index (κ1) is 19.0. The van der Waals surface area contributed by atoms with Crippen LogP contribution in [0.25, 0.3) is 0 Å². The minimum Gasteiger partial charge on any atom is -0.469 e. The Balaban J connectivity index is 4.83. The van der Waals surface area contributed by atoms with Crippen LogP contribution in [0.4, 0.5) is 0 Å². The fourth-order valence-electron chi connectivity index (χ4n) is 1.35. The summed E-state index contributed by atoms with van der Waals surface area (Å²) in [6.07, 6.45) is -1.35. The van der Waals surface area contributed by atoms with E-state index in [0.29, 0.717) is 0 Å². The molecular formula is C12H19NO8. The molecule has 0 aliphatic rings. The molecule has 0 saturated heterocycles. The van der Waals surface area contributed by atoms with Crippen LogP contribution in [0.5, 0.6) is 0 Å². The zero-order valence-corrected chi connectivity index (χ0v) is 12.2. The Kier molecular flexibility index (Phi) is 8.14. The van der Waals surface area contributed by atoms with Gasteiger partial charge in [0.25, 0.3) is 0 Å². The minimum absolute atomic E-state index is 0.291. The fourth-order valence-corrected chi connectivity index (χ4v) is 1.35. The van der Waals surface area contributed by atoms with E-state index in [1.807, 2.05) is 0 Å². The minimum atomic E-state index is -2.23. The van der Waals surface area contributed by atoms with Gasteiger partial charge < -0.3 is 19.3 Å². The molecule has 9 nitrogen and oxygen atoms in total. The van der Waals surface area contributed by atoms with Crippen LogP contribution in [0, 0.1) is 4.91 Å². The Morgan fingerprint density at radius 3 is 2.24 bits per heavy atom. The van der Waals surface area contributed by atoms with Crippen LogP contribution >= 0.6 is 0 Å². The van der Waals surface area contributed by atoms with Crippen molar-refractivity contribution < 1.29 is 33.7 Å². The van der Waals surface area contributed by atoms with Crippen LogP contribution in [-0.4, -0.2) is 55.5 Å². The third-order valence-corrected chi connectivity index (χ3v) is 2.65. The number of ether oxygens (including phenoxy) is 3. The normalized spacial score (nSPS) is 14.5. The lowest BCUT2D eigenvalue weighted by atomic mass is 9.94. The molecule has 0 aromatic heterocycles. The summed E-state index contributed by atoms with van der Waals surface area (Å²) in [4.78, 5) is 44.4. The number of methoxy groups -OCH3 is 2. The third kappa shape index (κ3) is 6.80. The summed E-state index contributed by atoms with van der Waals surface area (Å²) in [6, 6.07) is -0.795. The smallest absolute Gasteiger partial charge is 0.338 e. The molecule has 2 unspecified atom stereocenters. The van der Waals surface area contributed by atoms with Gasteiger partial charge in [-0.25, -0.2) is 4.79 Å². The van der Waals surface area contributed by atoms with Crippen molar-refractivity contribution in [1.82, 2.24) is 0 Å². The molecule has 120 valence electrons. The average molecular weight is 305 g/mol. The summed E-state index contributed by atoms with van der Waals surface area (Å²) in [6.45, 7) is 1.07. The molecule has 9 heteroatoms. The van der Waals surface area contributed by atoms with E-state index in [2.05, 4.69) is 14.7 Å². The van der Waals surface area contributed by atoms with E-state index in [1.165, 1.54) is 6.92 Å². The second kappa shape index (κ2) is 9.01. The summed E-state index contributed by atoms with van der Waals surface area (Å²) >= 11 is 0. The van der Waals surface area contributed by atoms with Gasteiger partial charge in [-0.1, -0.05) is 5.18 Å². The summed E-state index contributed by atoms with van der Waals surface area (Å²) in [5, 5.41) is 12.9. The van der Waals surface area contributed by atoms with Crippen LogP contribution in [-0.2, 0) is 28.6 Å². The van der Waals surface area contributed by atoms with Gasteiger partial charge in [-0.2, -0.15) is 4.91 Å². The number of esters is 3. The molecule has 0 aliphatic heterocycles. The number of hydrogen-bond donors (Lipinski definition) is 1. The zero-order chi connectivity index (χ0) is 16.5. The Morgan fingerprint density at radius 2 is 1.76 bits per heavy atom. The van der Waals surface area contributed by atoms with Crippen molar-refractivity contribution in [3.63, 3.8) is 0 Å². The lowest BCUT2D eigenvalue weighted by Crippen LogP contribution is -2.43. The zero-order valence-electron chi connectivity index (χ0n) is 12.2. The average Bonchev–Trinajstić information content (AvgIpc) is 2.49. The number of rotatable bonds is 9. The molecule has 0 bridgehead atoms. The Bertz CT molecular complexity index is 397. The maximum atomic E-state index is 11.9. The van der Waals surface area contributed by atoms with Crippen molar-refractivity contribution in [2.45, 2.75) is 37.8 Å². The molecule has 0 rings (SSSR count). The lowest BCUT2D eigenvalue weighted by Gasteiger charge is -2.24. The quantitative estimate of drug-likeness (QED) is 0.356. The first-order valence-electron chi connectivity index (χ1n) is 6.14. The van der Waals surface area contributed by atoms with E-state index in [9.17, 15) is 24.4 Å². The highest BCUT2D eigenvalue weighted by Crippen LogP contribution is 2.21. The summed E-state index contributed by atoms with van der Waals surface area (Å²) in [5.74, 6) is -2.64. The van der Waals surface area contributed by atoms with Crippen molar-refractivity contribution in [3.8, 4) is 0 Å². The van der Waals surface area contributed by atoms with E-state index < -0.39 is 36.0 Å². The lowest BCUT2D eigenvalue weighted by molar-refractivity contribution is -0.173. The van der Waals surface area contributed by atoms with Crippen molar-refractivity contribution >= 4 is 17.9 Å². The fraction of sp³-hybridized carbons (Fsp3) is 0.750. The first-order valence-corrected chi connectivity index (χ1v) is 6.14. The van der Waals surface area contributed by atoms with Crippen LogP contribution in [0.3, 0.4) is 0 Å². The Labute approximate surface area is 121 Å². The van der Waals surface area contributed by atoms with Crippen molar-refractivity contribution in [2.24, 2.45) is 5.18 Å². The predicted molar refractivity (Wildman–Crippen MR) is 69.0 cm³/mol. The summed E-state index contributed by atoms with van der Waals surface area (Å²) < 4.78 is 13.5. The molecule has 0 spiro atoms. The van der Waals surface area contributed by atoms with Gasteiger partial charge in [-0.15, -0.1) is 0 Å². The third-order valence-electron chi connectivity index (χ3n) is 2.65. The number of hydrogen-bond acceptors (Lipinski definition) is 9. The highest BCUT2D eigenvalue weighted by Gasteiger charge is 2.41. The maximum Gasteiger partial charge on any atom is 0.338 e. The molecule has 1 N–H and O–H groups in total. The second-order valence-corrected chi connectivity index (χ2v) is 4.41. The molecule has 0 aromatic carbocycles. The molecule has 0 aromatic rings. The van der Waals surface area contributed by atoms with E-state index in [0.717, 1.165) is 14.2 Å². The molecule has 0 aliphatic carbocycles. The van der Waals surface area contributed by atoms with Crippen LogP contribution in [0.2, 0.25) is 0 Å². The van der Waals surface area contributed by atoms with Gasteiger partial charge in [0.15, 0.2) is 5.60 Å². The van der Waals surface area contributed by atoms with Gasteiger partial charge in [0.1, 0.15) is 12.6 Å². The van der Waals surface area contributed by atoms with E-state index in [1.54, 1.807) is 0 Å². The first-order chi connectivity index (χ1) is 9.78. The van der Waals surface area contributed by atoms with Gasteiger partial charge >= 0.3 is 17.9 Å². The number of carbonyl (C=O) groups is 3. The van der Waals surface area contributed by atoms with Crippen LogP contribution in [0.1, 0.15) is 26.2 Å². The van der Waals surface area contributed by atoms with Crippen molar-refractivity contribution in [3.05, 3.63) is 4.91 Å². The second-order valence-electron chi connectivity index (χ2n) is 4.41. The van der Waals surface area contributed by atoms with Gasteiger partial charge in [0.05, 0.1) is 20.6 Å². The molecule has 0 heterocycles. The molecular weight excluding hydrogens is 286 g/mol. The summed E-state index contributed by atoms with van der Waals surface area (Å²) in [5.41, 5.74) is -2.23. The standard InChI is InChI=1S/C12H19NO8/c1-8(13-18)7-21-11(16)12(17,6-10(15)20-3)5-4-9(14)19-2/h8,17H,4-7H2,1-3H3. The molecule has 21 heavy (non-hydrogen) atoms. The maximum absolute atomic E-state index is 11.9. The van der Waals surface area contributed by atoms with Gasteiger partial charge in [-0.3, -0.25) is 9.59 Å². The van der Waals surface area contributed by atoms with Crippen molar-refractivity contribution in [1.29, 1.82) is 0 Å². The molecule has 0 amide bonds. The molecule has 0 fully saturated rings. The van der Waals surface area contributed by atoms with Gasteiger partial charge in [0.2, 0.25) is 0 Å². The SMILES string of the molecule is COC(=O)CCC(O)(CC(=O)OC)C(=O)OCC(C)N=O. The molecule has 0 saturated carbocycles. The molecule has 0 radical (unpaired) electrons. The van der Waals surface area contributed by atoms with E-state index in [4.69, 9.17) is 4.74 Å². The van der Waals surface area contributed by atoms with Crippen LogP contribution < -0.4 is 0 Å². The van der Waals surface area contributed by atoms with E-state index >= 15 is 0 Å². The van der Waals surface area contributed by atoms with Gasteiger partial charge in [-0.05, 0) is 13.3 Å². The van der Waals surface area contributed by atoms with Crippen LogP contribution in [0.15, 0.2) is 5.18 Å². The number of carbonyl (C=O) groups excluding carboxylic acids is 3. The highest BCUT2D eigenvalue weighted by molar-refractivity contribution is 5.86. The Morgan fingerprint density at radius 1 is 1.19 bits per heavy atom. The number of nitrogens with zero attached hydrogens (tertiary/aromatic N) is 1. The monoisotopic (exact) mass is 305 g/mol. The number of nitroso groups, excluding NO2 is 1. The Hall–Kier alpha value is -2.03. The summed E-state index contributed by atoms with van der Waals surface area (Å²) in [7, 11) is 2.24. The predicted octanol–water partition coefficient (Wildman–Crippen LogP) is -0.0681. The van der Waals surface area contributed by atoms with E-state index in [-0.39, 0.29) is 19.4 Å². The largest absolute Gasteiger partial charge is 0.469 e. The highest BCUT2D eigenvalue weighted by atomic mass is 16.6. The van der Waals surface area contributed by atoms with Crippen molar-refractivity contribution in [2.75, 3.05) is 20.8 Å².